The van der Waals surface area contributed by atoms with Crippen LogP contribution < -0.4 is 0 Å². The molecule has 5 heteroatoms. The standard InChI is InChI=1S/C9H19NO4/c1-10(6-5-8(11)12-2)7-9(13-3)14-4/h9H,5-7H2,1-4H3. The van der Waals surface area contributed by atoms with Gasteiger partial charge in [0.2, 0.25) is 0 Å². The molecule has 0 aliphatic heterocycles. The van der Waals surface area contributed by atoms with Gasteiger partial charge in [-0.1, -0.05) is 0 Å². The molecule has 0 spiro atoms. The minimum absolute atomic E-state index is 0.205. The molecule has 5 nitrogen and oxygen atoms in total. The molecule has 0 rings (SSSR count). The number of hydrogen-bond acceptors (Lipinski definition) is 5. The van der Waals surface area contributed by atoms with Gasteiger partial charge < -0.3 is 19.1 Å². The summed E-state index contributed by atoms with van der Waals surface area (Å²) >= 11 is 0. The van der Waals surface area contributed by atoms with Gasteiger partial charge in [0, 0.05) is 27.3 Å². The van der Waals surface area contributed by atoms with E-state index in [0.29, 0.717) is 19.5 Å². The fraction of sp³-hybridized carbons (Fsp3) is 0.889. The zero-order valence-electron chi connectivity index (χ0n) is 9.28. The molecule has 84 valence electrons. The fourth-order valence-electron chi connectivity index (χ4n) is 0.975. The predicted molar refractivity (Wildman–Crippen MR) is 51.9 cm³/mol. The van der Waals surface area contributed by atoms with E-state index >= 15 is 0 Å². The molecule has 0 radical (unpaired) electrons. The lowest BCUT2D eigenvalue weighted by molar-refractivity contribution is -0.141. The normalized spacial score (nSPS) is 11.0. The summed E-state index contributed by atoms with van der Waals surface area (Å²) in [7, 11) is 6.45. The van der Waals surface area contributed by atoms with Crippen molar-refractivity contribution in [2.24, 2.45) is 0 Å². The average Bonchev–Trinajstić information content (AvgIpc) is 2.22. The first kappa shape index (κ1) is 13.4. The van der Waals surface area contributed by atoms with E-state index in [0.717, 1.165) is 0 Å². The zero-order chi connectivity index (χ0) is 11.0. The van der Waals surface area contributed by atoms with Crippen LogP contribution in [0.3, 0.4) is 0 Å². The molecule has 0 N–H and O–H groups in total. The number of rotatable bonds is 7. The summed E-state index contributed by atoms with van der Waals surface area (Å²) in [5.41, 5.74) is 0. The molecule has 0 aromatic rings. The van der Waals surface area contributed by atoms with Gasteiger partial charge in [0.25, 0.3) is 0 Å². The van der Waals surface area contributed by atoms with E-state index in [-0.39, 0.29) is 12.3 Å². The summed E-state index contributed by atoms with van der Waals surface area (Å²) in [6.07, 6.45) is 0.130. The van der Waals surface area contributed by atoms with Crippen molar-refractivity contribution in [2.45, 2.75) is 12.7 Å². The van der Waals surface area contributed by atoms with Gasteiger partial charge in [-0.25, -0.2) is 0 Å². The molecule has 0 saturated heterocycles. The van der Waals surface area contributed by atoms with Crippen LogP contribution in [-0.2, 0) is 19.0 Å². The second-order valence-electron chi connectivity index (χ2n) is 2.99. The lowest BCUT2D eigenvalue weighted by Crippen LogP contribution is -2.33. The number of esters is 1. The third kappa shape index (κ3) is 5.90. The van der Waals surface area contributed by atoms with Crippen molar-refractivity contribution < 1.29 is 19.0 Å². The van der Waals surface area contributed by atoms with Crippen LogP contribution in [0.15, 0.2) is 0 Å². The molecule has 0 heterocycles. The van der Waals surface area contributed by atoms with Crippen LogP contribution in [0.1, 0.15) is 6.42 Å². The lowest BCUT2D eigenvalue weighted by Gasteiger charge is -2.21. The van der Waals surface area contributed by atoms with Crippen molar-refractivity contribution in [3.8, 4) is 0 Å². The highest BCUT2D eigenvalue weighted by atomic mass is 16.7. The zero-order valence-corrected chi connectivity index (χ0v) is 9.28. The van der Waals surface area contributed by atoms with Crippen LogP contribution in [-0.4, -0.2) is 58.6 Å². The molecular formula is C9H19NO4. The molecule has 0 aliphatic rings. The monoisotopic (exact) mass is 205 g/mol. The van der Waals surface area contributed by atoms with E-state index in [1.165, 1.54) is 7.11 Å². The van der Waals surface area contributed by atoms with Crippen LogP contribution in [0.2, 0.25) is 0 Å². The summed E-state index contributed by atoms with van der Waals surface area (Å²) in [5, 5.41) is 0. The van der Waals surface area contributed by atoms with Crippen molar-refractivity contribution in [3.05, 3.63) is 0 Å². The van der Waals surface area contributed by atoms with Crippen LogP contribution in [0, 0.1) is 0 Å². The molecule has 0 aromatic heterocycles. The highest BCUT2D eigenvalue weighted by molar-refractivity contribution is 5.69. The van der Waals surface area contributed by atoms with Gasteiger partial charge in [-0.3, -0.25) is 4.79 Å². The second-order valence-corrected chi connectivity index (χ2v) is 2.99. The Morgan fingerprint density at radius 3 is 2.29 bits per heavy atom. The Hall–Kier alpha value is -0.650. The molecule has 0 fully saturated rings. The van der Waals surface area contributed by atoms with Crippen molar-refractivity contribution >= 4 is 5.97 Å². The molecule has 0 atom stereocenters. The van der Waals surface area contributed by atoms with Gasteiger partial charge in [0.15, 0.2) is 6.29 Å². The Kier molecular flexibility index (Phi) is 7.37. The molecule has 14 heavy (non-hydrogen) atoms. The Morgan fingerprint density at radius 1 is 1.29 bits per heavy atom. The average molecular weight is 205 g/mol. The summed E-state index contributed by atoms with van der Waals surface area (Å²) in [6, 6.07) is 0. The molecule has 0 bridgehead atoms. The maximum absolute atomic E-state index is 10.8. The third-order valence-electron chi connectivity index (χ3n) is 1.91. The van der Waals surface area contributed by atoms with E-state index in [2.05, 4.69) is 4.74 Å². The van der Waals surface area contributed by atoms with Gasteiger partial charge in [-0.15, -0.1) is 0 Å². The summed E-state index contributed by atoms with van der Waals surface area (Å²) in [5.74, 6) is -0.205. The number of carbonyl (C=O) groups excluding carboxylic acids is 1. The number of carbonyl (C=O) groups is 1. The van der Waals surface area contributed by atoms with Crippen molar-refractivity contribution in [3.63, 3.8) is 0 Å². The Morgan fingerprint density at radius 2 is 1.86 bits per heavy atom. The van der Waals surface area contributed by atoms with E-state index in [1.807, 2.05) is 11.9 Å². The summed E-state index contributed by atoms with van der Waals surface area (Å²) < 4.78 is 14.6. The summed E-state index contributed by atoms with van der Waals surface area (Å²) in [6.45, 7) is 1.26. The molecule has 0 amide bonds. The van der Waals surface area contributed by atoms with Gasteiger partial charge in [0.1, 0.15) is 0 Å². The SMILES string of the molecule is COC(=O)CCN(C)CC(OC)OC. The summed E-state index contributed by atoms with van der Waals surface area (Å²) in [4.78, 5) is 12.8. The minimum Gasteiger partial charge on any atom is -0.469 e. The van der Waals surface area contributed by atoms with E-state index in [9.17, 15) is 4.79 Å². The Balaban J connectivity index is 3.63. The van der Waals surface area contributed by atoms with Crippen molar-refractivity contribution in [1.29, 1.82) is 0 Å². The van der Waals surface area contributed by atoms with Crippen LogP contribution in [0.5, 0.6) is 0 Å². The van der Waals surface area contributed by atoms with Gasteiger partial charge in [-0.05, 0) is 7.05 Å². The van der Waals surface area contributed by atoms with Crippen LogP contribution >= 0.6 is 0 Å². The molecular weight excluding hydrogens is 186 g/mol. The molecule has 0 saturated carbocycles. The highest BCUT2D eigenvalue weighted by Crippen LogP contribution is 1.96. The predicted octanol–water partition coefficient (Wildman–Crippen LogP) is 0.100. The number of methoxy groups -OCH3 is 3. The number of ether oxygens (including phenoxy) is 3. The third-order valence-corrected chi connectivity index (χ3v) is 1.91. The van der Waals surface area contributed by atoms with E-state index in [1.54, 1.807) is 14.2 Å². The Bertz CT molecular complexity index is 159. The second kappa shape index (κ2) is 7.73. The van der Waals surface area contributed by atoms with E-state index < -0.39 is 0 Å². The Labute approximate surface area is 84.9 Å². The fourth-order valence-corrected chi connectivity index (χ4v) is 0.975. The quantitative estimate of drug-likeness (QED) is 0.436. The van der Waals surface area contributed by atoms with Gasteiger partial charge >= 0.3 is 5.97 Å². The van der Waals surface area contributed by atoms with Gasteiger partial charge in [0.05, 0.1) is 13.5 Å². The molecule has 0 aliphatic carbocycles. The first-order valence-electron chi connectivity index (χ1n) is 4.45. The largest absolute Gasteiger partial charge is 0.469 e. The maximum atomic E-state index is 10.8. The maximum Gasteiger partial charge on any atom is 0.306 e. The first-order valence-corrected chi connectivity index (χ1v) is 4.45. The number of nitrogens with zero attached hydrogens (tertiary/aromatic N) is 1. The van der Waals surface area contributed by atoms with Crippen molar-refractivity contribution in [2.75, 3.05) is 41.5 Å². The molecule has 0 aromatic carbocycles. The smallest absolute Gasteiger partial charge is 0.306 e. The van der Waals surface area contributed by atoms with Crippen LogP contribution in [0.4, 0.5) is 0 Å². The topological polar surface area (TPSA) is 48.0 Å². The first-order chi connectivity index (χ1) is 6.63. The highest BCUT2D eigenvalue weighted by Gasteiger charge is 2.10. The number of hydrogen-bond donors (Lipinski definition) is 0. The van der Waals surface area contributed by atoms with Crippen molar-refractivity contribution in [1.82, 2.24) is 4.90 Å². The number of likely N-dealkylation sites (N-methyl/N-ethyl adjacent to an activating group) is 1. The molecule has 0 unspecified atom stereocenters. The van der Waals surface area contributed by atoms with Gasteiger partial charge in [-0.2, -0.15) is 0 Å². The van der Waals surface area contributed by atoms with Crippen LogP contribution in [0.25, 0.3) is 0 Å². The lowest BCUT2D eigenvalue weighted by atomic mass is 10.4. The van der Waals surface area contributed by atoms with E-state index in [4.69, 9.17) is 9.47 Å². The minimum atomic E-state index is -0.252.